The van der Waals surface area contributed by atoms with E-state index in [4.69, 9.17) is 4.98 Å². The summed E-state index contributed by atoms with van der Waals surface area (Å²) in [5.41, 5.74) is 3.96. The molecule has 0 saturated heterocycles. The third kappa shape index (κ3) is 2.46. The standard InChI is InChI=1S/C16H19N5/c1-4-8-21-15-14(19-16(21)20(2)3)9-13(11-18-15)12-6-5-7-17-10-12/h5-7,9-11H,4,8H2,1-3H3. The zero-order valence-corrected chi connectivity index (χ0v) is 12.6. The van der Waals surface area contributed by atoms with E-state index in [1.165, 1.54) is 0 Å². The normalized spacial score (nSPS) is 11.0. The summed E-state index contributed by atoms with van der Waals surface area (Å²) in [7, 11) is 4.02. The second kappa shape index (κ2) is 5.52. The van der Waals surface area contributed by atoms with Gasteiger partial charge in [0.15, 0.2) is 5.65 Å². The minimum atomic E-state index is 0.920. The molecule has 0 unspecified atom stereocenters. The second-order valence-corrected chi connectivity index (χ2v) is 5.27. The molecule has 0 spiro atoms. The zero-order chi connectivity index (χ0) is 14.8. The fraction of sp³-hybridized carbons (Fsp3) is 0.312. The quantitative estimate of drug-likeness (QED) is 0.737. The predicted molar refractivity (Wildman–Crippen MR) is 85.4 cm³/mol. The molecule has 0 atom stereocenters. The van der Waals surface area contributed by atoms with Gasteiger partial charge in [-0.05, 0) is 18.6 Å². The van der Waals surface area contributed by atoms with Crippen molar-refractivity contribution >= 4 is 17.1 Å². The summed E-state index contributed by atoms with van der Waals surface area (Å²) in [5.74, 6) is 0.947. The van der Waals surface area contributed by atoms with Crippen molar-refractivity contribution in [3.8, 4) is 11.1 Å². The number of hydrogen-bond donors (Lipinski definition) is 0. The first-order chi connectivity index (χ1) is 10.2. The highest BCUT2D eigenvalue weighted by atomic mass is 15.3. The first-order valence-electron chi connectivity index (χ1n) is 7.14. The molecule has 0 aliphatic heterocycles. The average molecular weight is 281 g/mol. The largest absolute Gasteiger partial charge is 0.348 e. The van der Waals surface area contributed by atoms with Gasteiger partial charge in [0.2, 0.25) is 5.95 Å². The summed E-state index contributed by atoms with van der Waals surface area (Å²) in [4.78, 5) is 15.5. The number of aryl methyl sites for hydroxylation is 1. The number of aromatic nitrogens is 4. The molecule has 0 fully saturated rings. The summed E-state index contributed by atoms with van der Waals surface area (Å²) in [5, 5.41) is 0. The van der Waals surface area contributed by atoms with Crippen molar-refractivity contribution in [3.05, 3.63) is 36.8 Å². The number of hydrogen-bond acceptors (Lipinski definition) is 4. The maximum atomic E-state index is 4.72. The van der Waals surface area contributed by atoms with Gasteiger partial charge in [-0.15, -0.1) is 0 Å². The molecule has 0 saturated carbocycles. The highest BCUT2D eigenvalue weighted by Crippen LogP contribution is 2.25. The third-order valence-electron chi connectivity index (χ3n) is 3.41. The van der Waals surface area contributed by atoms with Gasteiger partial charge in [0.1, 0.15) is 5.52 Å². The summed E-state index contributed by atoms with van der Waals surface area (Å²) in [6.45, 7) is 3.08. The van der Waals surface area contributed by atoms with Crippen LogP contribution in [0.25, 0.3) is 22.3 Å². The molecule has 21 heavy (non-hydrogen) atoms. The number of nitrogens with zero attached hydrogens (tertiary/aromatic N) is 5. The Labute approximate surface area is 124 Å². The minimum Gasteiger partial charge on any atom is -0.348 e. The maximum Gasteiger partial charge on any atom is 0.207 e. The van der Waals surface area contributed by atoms with Crippen LogP contribution in [0.2, 0.25) is 0 Å². The maximum absolute atomic E-state index is 4.72. The molecule has 3 rings (SSSR count). The second-order valence-electron chi connectivity index (χ2n) is 5.27. The average Bonchev–Trinajstić information content (AvgIpc) is 2.87. The van der Waals surface area contributed by atoms with Crippen molar-refractivity contribution < 1.29 is 0 Å². The van der Waals surface area contributed by atoms with Gasteiger partial charge in [-0.1, -0.05) is 13.0 Å². The van der Waals surface area contributed by atoms with E-state index in [-0.39, 0.29) is 0 Å². The molecular formula is C16H19N5. The van der Waals surface area contributed by atoms with Gasteiger partial charge in [-0.3, -0.25) is 9.55 Å². The number of anilines is 1. The number of pyridine rings is 2. The van der Waals surface area contributed by atoms with Crippen LogP contribution in [0.3, 0.4) is 0 Å². The van der Waals surface area contributed by atoms with Crippen LogP contribution in [0.5, 0.6) is 0 Å². The first kappa shape index (κ1) is 13.5. The molecule has 0 amide bonds. The van der Waals surface area contributed by atoms with Crippen molar-refractivity contribution in [1.82, 2.24) is 19.5 Å². The molecule has 5 heteroatoms. The lowest BCUT2D eigenvalue weighted by atomic mass is 10.1. The monoisotopic (exact) mass is 281 g/mol. The van der Waals surface area contributed by atoms with Crippen LogP contribution in [0.15, 0.2) is 36.8 Å². The van der Waals surface area contributed by atoms with E-state index in [1.807, 2.05) is 43.5 Å². The van der Waals surface area contributed by atoms with E-state index in [2.05, 4.69) is 27.5 Å². The van der Waals surface area contributed by atoms with Gasteiger partial charge in [0.25, 0.3) is 0 Å². The number of imidazole rings is 1. The molecule has 3 heterocycles. The van der Waals surface area contributed by atoms with Gasteiger partial charge in [-0.2, -0.15) is 0 Å². The number of rotatable bonds is 4. The molecule has 0 aliphatic rings. The highest BCUT2D eigenvalue weighted by molar-refractivity contribution is 5.80. The van der Waals surface area contributed by atoms with Crippen molar-refractivity contribution in [2.45, 2.75) is 19.9 Å². The predicted octanol–water partition coefficient (Wildman–Crippen LogP) is 2.97. The van der Waals surface area contributed by atoms with Crippen LogP contribution in [-0.2, 0) is 6.54 Å². The van der Waals surface area contributed by atoms with Crippen LogP contribution < -0.4 is 4.90 Å². The lowest BCUT2D eigenvalue weighted by Crippen LogP contribution is -2.15. The zero-order valence-electron chi connectivity index (χ0n) is 12.6. The molecule has 0 radical (unpaired) electrons. The van der Waals surface area contributed by atoms with Crippen molar-refractivity contribution in [2.75, 3.05) is 19.0 Å². The fourth-order valence-corrected chi connectivity index (χ4v) is 2.46. The summed E-state index contributed by atoms with van der Waals surface area (Å²) < 4.78 is 2.17. The molecule has 0 aliphatic carbocycles. The molecule has 5 nitrogen and oxygen atoms in total. The van der Waals surface area contributed by atoms with E-state index in [9.17, 15) is 0 Å². The van der Waals surface area contributed by atoms with Crippen LogP contribution in [0, 0.1) is 0 Å². The van der Waals surface area contributed by atoms with E-state index in [0.29, 0.717) is 0 Å². The van der Waals surface area contributed by atoms with Crippen molar-refractivity contribution in [2.24, 2.45) is 0 Å². The molecule has 0 aromatic carbocycles. The molecule has 0 N–H and O–H groups in total. The Morgan fingerprint density at radius 2 is 2.05 bits per heavy atom. The smallest absolute Gasteiger partial charge is 0.207 e. The van der Waals surface area contributed by atoms with Gasteiger partial charge in [0.05, 0.1) is 0 Å². The Morgan fingerprint density at radius 1 is 1.19 bits per heavy atom. The summed E-state index contributed by atoms with van der Waals surface area (Å²) in [6, 6.07) is 6.05. The Morgan fingerprint density at radius 3 is 2.71 bits per heavy atom. The topological polar surface area (TPSA) is 46.8 Å². The molecule has 108 valence electrons. The van der Waals surface area contributed by atoms with E-state index < -0.39 is 0 Å². The minimum absolute atomic E-state index is 0.920. The van der Waals surface area contributed by atoms with Gasteiger partial charge < -0.3 is 4.90 Å². The van der Waals surface area contributed by atoms with Crippen molar-refractivity contribution in [3.63, 3.8) is 0 Å². The van der Waals surface area contributed by atoms with Crippen LogP contribution in [0.4, 0.5) is 5.95 Å². The SMILES string of the molecule is CCCn1c(N(C)C)nc2cc(-c3cccnc3)cnc21. The van der Waals surface area contributed by atoms with E-state index >= 15 is 0 Å². The lowest BCUT2D eigenvalue weighted by Gasteiger charge is -2.13. The van der Waals surface area contributed by atoms with E-state index in [1.54, 1.807) is 6.20 Å². The highest BCUT2D eigenvalue weighted by Gasteiger charge is 2.13. The Balaban J connectivity index is 2.15. The van der Waals surface area contributed by atoms with E-state index in [0.717, 1.165) is 41.2 Å². The summed E-state index contributed by atoms with van der Waals surface area (Å²) in [6.07, 6.45) is 6.57. The van der Waals surface area contributed by atoms with Crippen molar-refractivity contribution in [1.29, 1.82) is 0 Å². The molecule has 3 aromatic heterocycles. The lowest BCUT2D eigenvalue weighted by molar-refractivity contribution is 0.685. The summed E-state index contributed by atoms with van der Waals surface area (Å²) >= 11 is 0. The fourth-order valence-electron chi connectivity index (χ4n) is 2.46. The van der Waals surface area contributed by atoms with Crippen LogP contribution in [-0.4, -0.2) is 33.6 Å². The Kier molecular flexibility index (Phi) is 3.56. The van der Waals surface area contributed by atoms with Crippen LogP contribution >= 0.6 is 0 Å². The molecule has 3 aromatic rings. The van der Waals surface area contributed by atoms with Crippen LogP contribution in [0.1, 0.15) is 13.3 Å². The van der Waals surface area contributed by atoms with Gasteiger partial charge >= 0.3 is 0 Å². The Hall–Kier alpha value is -2.43. The first-order valence-corrected chi connectivity index (χ1v) is 7.14. The third-order valence-corrected chi connectivity index (χ3v) is 3.41. The van der Waals surface area contributed by atoms with Gasteiger partial charge in [0, 0.05) is 50.4 Å². The number of fused-ring (bicyclic) bond motifs is 1. The van der Waals surface area contributed by atoms with Gasteiger partial charge in [-0.25, -0.2) is 9.97 Å². The molecule has 0 bridgehead atoms. The molecular weight excluding hydrogens is 262 g/mol. The Bertz CT molecular complexity index is 746.